The lowest BCUT2D eigenvalue weighted by Gasteiger charge is -2.10. The number of aromatic carboxylic acids is 1. The SMILES string of the molecule is CCCCCCCCCCCCCCCC1Cc2cc(C(=O)O)ccc2N1.Cl. The number of nitrogens with one attached hydrogen (secondary N) is 1. The predicted molar refractivity (Wildman–Crippen MR) is 122 cm³/mol. The number of benzene rings is 1. The molecule has 4 heteroatoms. The van der Waals surface area contributed by atoms with Crippen molar-refractivity contribution in [3.05, 3.63) is 29.3 Å². The van der Waals surface area contributed by atoms with Gasteiger partial charge in [0.2, 0.25) is 0 Å². The number of carbonyl (C=O) groups is 1. The lowest BCUT2D eigenvalue weighted by atomic mass is 10.0. The van der Waals surface area contributed by atoms with E-state index in [2.05, 4.69) is 12.2 Å². The Balaban J connectivity index is 0.00000392. The zero-order valence-electron chi connectivity index (χ0n) is 17.7. The molecular weight excluding hydrogens is 370 g/mol. The summed E-state index contributed by atoms with van der Waals surface area (Å²) in [5.74, 6) is -0.835. The highest BCUT2D eigenvalue weighted by Crippen LogP contribution is 2.29. The van der Waals surface area contributed by atoms with Gasteiger partial charge in [-0.1, -0.05) is 90.4 Å². The number of fused-ring (bicyclic) bond motifs is 1. The van der Waals surface area contributed by atoms with Crippen molar-refractivity contribution in [2.24, 2.45) is 0 Å². The number of carboxylic acids is 1. The minimum absolute atomic E-state index is 0. The molecule has 1 aliphatic rings. The van der Waals surface area contributed by atoms with Crippen LogP contribution in [-0.2, 0) is 6.42 Å². The van der Waals surface area contributed by atoms with Gasteiger partial charge in [-0.15, -0.1) is 12.4 Å². The summed E-state index contributed by atoms with van der Waals surface area (Å²) in [4.78, 5) is 11.1. The van der Waals surface area contributed by atoms with Crippen LogP contribution in [0.25, 0.3) is 0 Å². The van der Waals surface area contributed by atoms with Crippen LogP contribution < -0.4 is 5.32 Å². The molecule has 3 nitrogen and oxygen atoms in total. The fraction of sp³-hybridized carbons (Fsp3) is 0.708. The third-order valence-electron chi connectivity index (χ3n) is 5.83. The van der Waals surface area contributed by atoms with Crippen molar-refractivity contribution >= 4 is 24.1 Å². The molecule has 1 heterocycles. The first kappa shape index (κ1) is 24.8. The van der Waals surface area contributed by atoms with Gasteiger partial charge in [0.25, 0.3) is 0 Å². The number of carboxylic acid groups (broad SMARTS) is 1. The third kappa shape index (κ3) is 9.32. The molecule has 1 aromatic rings. The van der Waals surface area contributed by atoms with Crippen LogP contribution in [0.15, 0.2) is 18.2 Å². The van der Waals surface area contributed by atoms with Gasteiger partial charge in [-0.25, -0.2) is 4.79 Å². The van der Waals surface area contributed by atoms with Crippen LogP contribution in [-0.4, -0.2) is 17.1 Å². The van der Waals surface area contributed by atoms with Gasteiger partial charge in [-0.05, 0) is 36.6 Å². The number of halogens is 1. The minimum Gasteiger partial charge on any atom is -0.478 e. The second-order valence-electron chi connectivity index (χ2n) is 8.25. The molecule has 0 aliphatic carbocycles. The van der Waals surface area contributed by atoms with E-state index in [-0.39, 0.29) is 12.4 Å². The summed E-state index contributed by atoms with van der Waals surface area (Å²) in [5, 5.41) is 12.6. The van der Waals surface area contributed by atoms with Crippen molar-refractivity contribution < 1.29 is 9.90 Å². The monoisotopic (exact) mass is 409 g/mol. The molecule has 0 saturated heterocycles. The van der Waals surface area contributed by atoms with Crippen molar-refractivity contribution in [2.45, 2.75) is 109 Å². The van der Waals surface area contributed by atoms with E-state index < -0.39 is 5.97 Å². The zero-order chi connectivity index (χ0) is 19.3. The molecule has 0 saturated carbocycles. The Kier molecular flexibility index (Phi) is 13.1. The highest BCUT2D eigenvalue weighted by molar-refractivity contribution is 5.88. The largest absolute Gasteiger partial charge is 0.478 e. The van der Waals surface area contributed by atoms with E-state index in [4.69, 9.17) is 5.11 Å². The maximum Gasteiger partial charge on any atom is 0.335 e. The first-order valence-electron chi connectivity index (χ1n) is 11.3. The van der Waals surface area contributed by atoms with Crippen LogP contribution in [0, 0.1) is 0 Å². The third-order valence-corrected chi connectivity index (χ3v) is 5.83. The van der Waals surface area contributed by atoms with Gasteiger partial charge < -0.3 is 10.4 Å². The second-order valence-corrected chi connectivity index (χ2v) is 8.25. The summed E-state index contributed by atoms with van der Waals surface area (Å²) in [7, 11) is 0. The van der Waals surface area contributed by atoms with Crippen LogP contribution in [0.4, 0.5) is 5.69 Å². The van der Waals surface area contributed by atoms with E-state index >= 15 is 0 Å². The fourth-order valence-electron chi connectivity index (χ4n) is 4.16. The summed E-state index contributed by atoms with van der Waals surface area (Å²) in [6, 6.07) is 5.93. The van der Waals surface area contributed by atoms with Gasteiger partial charge in [0.05, 0.1) is 5.56 Å². The van der Waals surface area contributed by atoms with Gasteiger partial charge in [0.1, 0.15) is 0 Å². The number of rotatable bonds is 15. The normalized spacial score (nSPS) is 15.0. The average Bonchev–Trinajstić information content (AvgIpc) is 3.07. The smallest absolute Gasteiger partial charge is 0.335 e. The highest BCUT2D eigenvalue weighted by Gasteiger charge is 2.21. The standard InChI is InChI=1S/C24H39NO2.ClH/c1-2-3-4-5-6-7-8-9-10-11-12-13-14-15-22-19-21-18-20(24(26)27)16-17-23(21)25-22;/h16-18,22,25H,2-15,19H2,1H3,(H,26,27);1H. The molecule has 0 fully saturated rings. The van der Waals surface area contributed by atoms with Crippen molar-refractivity contribution in [1.82, 2.24) is 0 Å². The Hall–Kier alpha value is -1.22. The molecule has 28 heavy (non-hydrogen) atoms. The van der Waals surface area contributed by atoms with Crippen LogP contribution in [0.3, 0.4) is 0 Å². The van der Waals surface area contributed by atoms with Gasteiger partial charge in [-0.2, -0.15) is 0 Å². The second kappa shape index (κ2) is 14.7. The molecular formula is C24H40ClNO2. The quantitative estimate of drug-likeness (QED) is 0.293. The Bertz CT molecular complexity index is 562. The molecule has 0 spiro atoms. The highest BCUT2D eigenvalue weighted by atomic mass is 35.5. The molecule has 0 radical (unpaired) electrons. The maximum atomic E-state index is 11.1. The Labute approximate surface area is 178 Å². The summed E-state index contributed by atoms with van der Waals surface area (Å²) in [6.07, 6.45) is 20.2. The number of hydrogen-bond donors (Lipinski definition) is 2. The van der Waals surface area contributed by atoms with E-state index in [1.165, 1.54) is 89.9 Å². The van der Waals surface area contributed by atoms with Gasteiger partial charge >= 0.3 is 5.97 Å². The molecule has 0 aromatic heterocycles. The predicted octanol–water partition coefficient (Wildman–Crippen LogP) is 7.62. The Morgan fingerprint density at radius 3 is 2.00 bits per heavy atom. The summed E-state index contributed by atoms with van der Waals surface area (Å²) >= 11 is 0. The van der Waals surface area contributed by atoms with Crippen LogP contribution in [0.5, 0.6) is 0 Å². The Morgan fingerprint density at radius 2 is 1.46 bits per heavy atom. The average molecular weight is 410 g/mol. The topological polar surface area (TPSA) is 49.3 Å². The number of unbranched alkanes of at least 4 members (excludes halogenated alkanes) is 12. The molecule has 2 rings (SSSR count). The summed E-state index contributed by atoms with van der Waals surface area (Å²) < 4.78 is 0. The molecule has 2 N–H and O–H groups in total. The van der Waals surface area contributed by atoms with E-state index in [0.29, 0.717) is 11.6 Å². The molecule has 1 atom stereocenters. The van der Waals surface area contributed by atoms with Crippen LogP contribution >= 0.6 is 12.4 Å². The fourth-order valence-corrected chi connectivity index (χ4v) is 4.16. The van der Waals surface area contributed by atoms with E-state index in [0.717, 1.165) is 17.7 Å². The molecule has 1 unspecified atom stereocenters. The molecule has 1 aliphatic heterocycles. The molecule has 160 valence electrons. The summed E-state index contributed by atoms with van der Waals surface area (Å²) in [6.45, 7) is 2.28. The first-order valence-corrected chi connectivity index (χ1v) is 11.3. The number of anilines is 1. The van der Waals surface area contributed by atoms with Crippen LogP contribution in [0.1, 0.15) is 113 Å². The number of hydrogen-bond acceptors (Lipinski definition) is 2. The van der Waals surface area contributed by atoms with E-state index in [1.54, 1.807) is 6.07 Å². The molecule has 0 amide bonds. The van der Waals surface area contributed by atoms with Gasteiger partial charge in [-0.3, -0.25) is 0 Å². The lowest BCUT2D eigenvalue weighted by molar-refractivity contribution is 0.0697. The molecule has 1 aromatic carbocycles. The van der Waals surface area contributed by atoms with Crippen molar-refractivity contribution in [2.75, 3.05) is 5.32 Å². The summed E-state index contributed by atoms with van der Waals surface area (Å²) in [5.41, 5.74) is 2.69. The van der Waals surface area contributed by atoms with Crippen molar-refractivity contribution in [3.8, 4) is 0 Å². The maximum absolute atomic E-state index is 11.1. The van der Waals surface area contributed by atoms with E-state index in [9.17, 15) is 4.79 Å². The van der Waals surface area contributed by atoms with Crippen molar-refractivity contribution in [3.63, 3.8) is 0 Å². The zero-order valence-corrected chi connectivity index (χ0v) is 18.5. The molecule has 0 bridgehead atoms. The van der Waals surface area contributed by atoms with Gasteiger partial charge in [0.15, 0.2) is 0 Å². The first-order chi connectivity index (χ1) is 13.2. The van der Waals surface area contributed by atoms with E-state index in [1.807, 2.05) is 12.1 Å². The minimum atomic E-state index is -0.835. The lowest BCUT2D eigenvalue weighted by Crippen LogP contribution is -2.14. The van der Waals surface area contributed by atoms with Crippen molar-refractivity contribution in [1.29, 1.82) is 0 Å². The van der Waals surface area contributed by atoms with Crippen LogP contribution in [0.2, 0.25) is 0 Å². The Morgan fingerprint density at radius 1 is 0.929 bits per heavy atom. The van der Waals surface area contributed by atoms with Gasteiger partial charge in [0, 0.05) is 11.7 Å².